The highest BCUT2D eigenvalue weighted by atomic mass is 19.1. The molecule has 1 unspecified atom stereocenters. The van der Waals surface area contributed by atoms with Crippen LogP contribution < -0.4 is 5.32 Å². The predicted molar refractivity (Wildman–Crippen MR) is 80.5 cm³/mol. The van der Waals surface area contributed by atoms with Crippen LogP contribution in [0.15, 0.2) is 18.2 Å². The Balaban J connectivity index is 2.18. The van der Waals surface area contributed by atoms with E-state index in [1.165, 1.54) is 24.8 Å². The van der Waals surface area contributed by atoms with Gasteiger partial charge in [0.15, 0.2) is 0 Å². The van der Waals surface area contributed by atoms with Crippen molar-refractivity contribution < 1.29 is 9.13 Å². The van der Waals surface area contributed by atoms with E-state index < -0.39 is 0 Å². The minimum atomic E-state index is -0.161. The Kier molecular flexibility index (Phi) is 5.17. The molecule has 2 rings (SSSR count). The van der Waals surface area contributed by atoms with Gasteiger partial charge in [0.05, 0.1) is 5.60 Å². The first-order chi connectivity index (χ1) is 9.61. The molecule has 0 radical (unpaired) electrons. The van der Waals surface area contributed by atoms with E-state index in [4.69, 9.17) is 4.74 Å². The number of likely N-dealkylation sites (N-methyl/N-ethyl adjacent to an activating group) is 1. The summed E-state index contributed by atoms with van der Waals surface area (Å²) in [6.07, 6.45) is 6.86. The van der Waals surface area contributed by atoms with E-state index in [1.807, 2.05) is 27.1 Å². The van der Waals surface area contributed by atoms with Gasteiger partial charge < -0.3 is 10.1 Å². The van der Waals surface area contributed by atoms with Gasteiger partial charge in [0.1, 0.15) is 5.82 Å². The van der Waals surface area contributed by atoms with Crippen molar-refractivity contribution in [1.29, 1.82) is 0 Å². The second-order valence-electron chi connectivity index (χ2n) is 5.95. The average Bonchev–Trinajstić information content (AvgIpc) is 2.47. The third-order valence-electron chi connectivity index (χ3n) is 4.82. The van der Waals surface area contributed by atoms with Gasteiger partial charge in [0, 0.05) is 13.2 Å². The van der Waals surface area contributed by atoms with Crippen molar-refractivity contribution in [3.63, 3.8) is 0 Å². The first-order valence-corrected chi connectivity index (χ1v) is 7.59. The summed E-state index contributed by atoms with van der Waals surface area (Å²) in [5.41, 5.74) is 2.15. The fraction of sp³-hybridized carbons (Fsp3) is 0.647. The van der Waals surface area contributed by atoms with Crippen LogP contribution in [0, 0.1) is 12.7 Å². The maximum Gasteiger partial charge on any atom is 0.123 e. The van der Waals surface area contributed by atoms with Crippen LogP contribution in [-0.4, -0.2) is 25.8 Å². The summed E-state index contributed by atoms with van der Waals surface area (Å²) in [5, 5.41) is 3.44. The smallest absolute Gasteiger partial charge is 0.123 e. The van der Waals surface area contributed by atoms with Gasteiger partial charge in [-0.2, -0.15) is 0 Å². The Bertz CT molecular complexity index is 441. The average molecular weight is 279 g/mol. The molecule has 0 aliphatic heterocycles. The lowest BCUT2D eigenvalue weighted by molar-refractivity contribution is -0.0657. The van der Waals surface area contributed by atoms with Gasteiger partial charge in [-0.05, 0) is 56.5 Å². The first-order valence-electron chi connectivity index (χ1n) is 7.59. The Morgan fingerprint density at radius 3 is 2.55 bits per heavy atom. The van der Waals surface area contributed by atoms with E-state index in [9.17, 15) is 4.39 Å². The summed E-state index contributed by atoms with van der Waals surface area (Å²) < 4.78 is 19.2. The number of hydrogen-bond donors (Lipinski definition) is 1. The van der Waals surface area contributed by atoms with Gasteiger partial charge in [-0.25, -0.2) is 4.39 Å². The first kappa shape index (κ1) is 15.5. The molecule has 1 N–H and O–H groups in total. The molecule has 1 aliphatic rings. The Hall–Kier alpha value is -0.930. The molecule has 1 fully saturated rings. The van der Waals surface area contributed by atoms with Crippen molar-refractivity contribution in [2.45, 2.75) is 57.1 Å². The Labute approximate surface area is 121 Å². The highest BCUT2D eigenvalue weighted by molar-refractivity contribution is 5.28. The largest absolute Gasteiger partial charge is 0.377 e. The number of ether oxygens (including phenoxy) is 1. The summed E-state index contributed by atoms with van der Waals surface area (Å²) in [4.78, 5) is 0. The zero-order chi connectivity index (χ0) is 14.6. The quantitative estimate of drug-likeness (QED) is 0.889. The molecule has 0 spiro atoms. The van der Waals surface area contributed by atoms with Gasteiger partial charge in [-0.3, -0.25) is 0 Å². The Morgan fingerprint density at radius 2 is 2.00 bits per heavy atom. The molecular formula is C17H26FNO. The number of halogens is 1. The fourth-order valence-corrected chi connectivity index (χ4v) is 3.50. The molecule has 1 atom stereocenters. The summed E-state index contributed by atoms with van der Waals surface area (Å²) in [6.45, 7) is 1.98. The molecule has 20 heavy (non-hydrogen) atoms. The summed E-state index contributed by atoms with van der Waals surface area (Å²) >= 11 is 0. The second-order valence-corrected chi connectivity index (χ2v) is 5.95. The molecule has 1 aliphatic carbocycles. The lowest BCUT2D eigenvalue weighted by Crippen LogP contribution is -2.53. The summed E-state index contributed by atoms with van der Waals surface area (Å²) in [7, 11) is 3.83. The van der Waals surface area contributed by atoms with E-state index >= 15 is 0 Å². The highest BCUT2D eigenvalue weighted by Crippen LogP contribution is 2.35. The zero-order valence-electron chi connectivity index (χ0n) is 12.8. The topological polar surface area (TPSA) is 21.3 Å². The van der Waals surface area contributed by atoms with Crippen LogP contribution in [0.3, 0.4) is 0 Å². The maximum atomic E-state index is 13.2. The molecule has 0 heterocycles. The van der Waals surface area contributed by atoms with Crippen LogP contribution in [0.1, 0.15) is 43.2 Å². The van der Waals surface area contributed by atoms with Crippen LogP contribution >= 0.6 is 0 Å². The van der Waals surface area contributed by atoms with Crippen LogP contribution in [0.4, 0.5) is 4.39 Å². The number of rotatable bonds is 5. The van der Waals surface area contributed by atoms with E-state index in [0.29, 0.717) is 0 Å². The number of nitrogens with one attached hydrogen (secondary N) is 1. The number of hydrogen-bond acceptors (Lipinski definition) is 2. The predicted octanol–water partition coefficient (Wildman–Crippen LogP) is 3.61. The van der Waals surface area contributed by atoms with Gasteiger partial charge >= 0.3 is 0 Å². The maximum absolute atomic E-state index is 13.2. The van der Waals surface area contributed by atoms with E-state index in [1.54, 1.807) is 12.1 Å². The third-order valence-corrected chi connectivity index (χ3v) is 4.82. The van der Waals surface area contributed by atoms with Gasteiger partial charge in [0.25, 0.3) is 0 Å². The molecule has 0 amide bonds. The lowest BCUT2D eigenvalue weighted by Gasteiger charge is -2.42. The SMILES string of the molecule is CNC(Cc1ccc(F)cc1C)C1(OC)CCCCC1. The number of methoxy groups -OCH3 is 1. The van der Waals surface area contributed by atoms with Crippen LogP contribution in [-0.2, 0) is 11.2 Å². The van der Waals surface area contributed by atoms with Crippen molar-refractivity contribution >= 4 is 0 Å². The summed E-state index contributed by atoms with van der Waals surface area (Å²) in [5.74, 6) is -0.161. The van der Waals surface area contributed by atoms with Crippen molar-refractivity contribution in [3.8, 4) is 0 Å². The fourth-order valence-electron chi connectivity index (χ4n) is 3.50. The summed E-state index contributed by atoms with van der Waals surface area (Å²) in [6, 6.07) is 5.34. The van der Waals surface area contributed by atoms with Crippen molar-refractivity contribution in [3.05, 3.63) is 35.1 Å². The van der Waals surface area contributed by atoms with Crippen molar-refractivity contribution in [2.24, 2.45) is 0 Å². The zero-order valence-corrected chi connectivity index (χ0v) is 12.8. The molecule has 0 saturated heterocycles. The van der Waals surface area contributed by atoms with Gasteiger partial charge in [-0.15, -0.1) is 0 Å². The van der Waals surface area contributed by atoms with Gasteiger partial charge in [0.2, 0.25) is 0 Å². The Morgan fingerprint density at radius 1 is 1.30 bits per heavy atom. The molecule has 1 aromatic carbocycles. The molecule has 112 valence electrons. The standard InChI is InChI=1S/C17H26FNO/c1-13-11-15(18)8-7-14(13)12-16(19-2)17(20-3)9-5-4-6-10-17/h7-8,11,16,19H,4-6,9-10,12H2,1-3H3. The molecule has 2 nitrogen and oxygen atoms in total. The van der Waals surface area contributed by atoms with E-state index in [2.05, 4.69) is 5.32 Å². The molecule has 1 saturated carbocycles. The van der Waals surface area contributed by atoms with Crippen LogP contribution in [0.5, 0.6) is 0 Å². The third kappa shape index (κ3) is 3.21. The monoisotopic (exact) mass is 279 g/mol. The molecule has 1 aromatic rings. The van der Waals surface area contributed by atoms with Crippen molar-refractivity contribution in [2.75, 3.05) is 14.2 Å². The highest BCUT2D eigenvalue weighted by Gasteiger charge is 2.39. The van der Waals surface area contributed by atoms with E-state index in [-0.39, 0.29) is 17.5 Å². The molecular weight excluding hydrogens is 253 g/mol. The minimum Gasteiger partial charge on any atom is -0.377 e. The minimum absolute atomic E-state index is 0.0756. The lowest BCUT2D eigenvalue weighted by atomic mass is 9.77. The van der Waals surface area contributed by atoms with Crippen LogP contribution in [0.2, 0.25) is 0 Å². The van der Waals surface area contributed by atoms with Gasteiger partial charge in [-0.1, -0.05) is 25.3 Å². The molecule has 0 aromatic heterocycles. The van der Waals surface area contributed by atoms with E-state index in [0.717, 1.165) is 24.8 Å². The van der Waals surface area contributed by atoms with Crippen molar-refractivity contribution in [1.82, 2.24) is 5.32 Å². The second kappa shape index (κ2) is 6.68. The van der Waals surface area contributed by atoms with Crippen LogP contribution in [0.25, 0.3) is 0 Å². The number of aryl methyl sites for hydroxylation is 1. The molecule has 0 bridgehead atoms. The number of benzene rings is 1. The molecule has 3 heteroatoms. The normalized spacial score (nSPS) is 19.8.